The maximum atomic E-state index is 12.7. The molecule has 10 heteroatoms. The molecule has 3 aromatic rings. The molecule has 1 aromatic carbocycles. The Balaban J connectivity index is 0.00000208. The number of aromatic nitrogens is 2. The van der Waals surface area contributed by atoms with E-state index >= 15 is 0 Å². The Morgan fingerprint density at radius 3 is 2.67 bits per heavy atom. The van der Waals surface area contributed by atoms with Crippen molar-refractivity contribution in [2.24, 2.45) is 0 Å². The Morgan fingerprint density at radius 2 is 2.08 bits per heavy atom. The van der Waals surface area contributed by atoms with Gasteiger partial charge in [-0.05, 0) is 17.7 Å². The second-order valence-electron chi connectivity index (χ2n) is 4.78. The summed E-state index contributed by atoms with van der Waals surface area (Å²) in [4.78, 5) is 14.7. The predicted molar refractivity (Wildman–Crippen MR) is 78.0 cm³/mol. The number of carboxylic acid groups (broad SMARTS) is 1. The van der Waals surface area contributed by atoms with E-state index in [9.17, 15) is 23.1 Å². The standard InChI is InChI=1S/C14H8ClF3N2O2S.Na/c15-8-1-2-9-7(4-14(16,17)18)5-20(11(9)3-8)13-19-10(6-23-13)12(21)22;/h1-3,5-6H,4H2,(H,21,22);/q;+1/p-1. The average molecular weight is 383 g/mol. The molecule has 0 unspecified atom stereocenters. The van der Waals surface area contributed by atoms with Crippen LogP contribution >= 0.6 is 22.9 Å². The van der Waals surface area contributed by atoms with Crippen molar-refractivity contribution in [3.8, 4) is 5.13 Å². The summed E-state index contributed by atoms with van der Waals surface area (Å²) in [5.41, 5.74) is 0.219. The maximum absolute atomic E-state index is 12.7. The molecular weight excluding hydrogens is 376 g/mol. The number of carbonyl (C=O) groups excluding carboxylic acids is 1. The first kappa shape index (κ1) is 19.3. The topological polar surface area (TPSA) is 57.9 Å². The summed E-state index contributed by atoms with van der Waals surface area (Å²) >= 11 is 6.91. The molecule has 0 amide bonds. The second-order valence-corrected chi connectivity index (χ2v) is 6.05. The van der Waals surface area contributed by atoms with E-state index in [0.717, 1.165) is 11.3 Å². The van der Waals surface area contributed by atoms with Crippen molar-refractivity contribution in [3.05, 3.63) is 46.1 Å². The summed E-state index contributed by atoms with van der Waals surface area (Å²) in [6.45, 7) is 0. The number of hydrogen-bond acceptors (Lipinski definition) is 4. The van der Waals surface area contributed by atoms with Crippen molar-refractivity contribution < 1.29 is 52.6 Å². The van der Waals surface area contributed by atoms with Gasteiger partial charge in [0.05, 0.1) is 23.6 Å². The molecular formula is C14H7ClF3N2NaO2S. The number of benzene rings is 1. The van der Waals surface area contributed by atoms with Crippen LogP contribution in [0.4, 0.5) is 13.2 Å². The fourth-order valence-electron chi connectivity index (χ4n) is 2.25. The molecule has 24 heavy (non-hydrogen) atoms. The minimum absolute atomic E-state index is 0. The first-order valence-corrected chi connectivity index (χ1v) is 7.54. The summed E-state index contributed by atoms with van der Waals surface area (Å²) < 4.78 is 39.6. The molecule has 0 radical (unpaired) electrons. The first-order chi connectivity index (χ1) is 10.7. The van der Waals surface area contributed by atoms with Gasteiger partial charge >= 0.3 is 35.7 Å². The number of nitrogens with zero attached hydrogens (tertiary/aromatic N) is 2. The third kappa shape index (κ3) is 3.94. The zero-order chi connectivity index (χ0) is 16.8. The molecule has 4 nitrogen and oxygen atoms in total. The van der Waals surface area contributed by atoms with E-state index in [4.69, 9.17) is 11.6 Å². The molecule has 0 saturated carbocycles. The van der Waals surface area contributed by atoms with Crippen LogP contribution in [0.1, 0.15) is 16.1 Å². The first-order valence-electron chi connectivity index (χ1n) is 6.28. The molecule has 0 spiro atoms. The van der Waals surface area contributed by atoms with Crippen molar-refractivity contribution in [2.45, 2.75) is 12.6 Å². The minimum atomic E-state index is -4.36. The van der Waals surface area contributed by atoms with Crippen LogP contribution in [-0.2, 0) is 6.42 Å². The number of fused-ring (bicyclic) bond motifs is 1. The second kappa shape index (κ2) is 7.05. The molecule has 2 aromatic heterocycles. The molecule has 0 aliphatic rings. The van der Waals surface area contributed by atoms with Gasteiger partial charge in [0.2, 0.25) is 0 Å². The van der Waals surface area contributed by atoms with Gasteiger partial charge in [-0.2, -0.15) is 13.2 Å². The Labute approximate surface area is 165 Å². The Morgan fingerprint density at radius 1 is 1.38 bits per heavy atom. The van der Waals surface area contributed by atoms with Gasteiger partial charge in [-0.25, -0.2) is 4.98 Å². The fourth-order valence-corrected chi connectivity index (χ4v) is 3.20. The summed E-state index contributed by atoms with van der Waals surface area (Å²) in [6, 6.07) is 4.52. The van der Waals surface area contributed by atoms with Crippen LogP contribution in [0.25, 0.3) is 16.0 Å². The molecule has 0 aliphatic heterocycles. The summed E-state index contributed by atoms with van der Waals surface area (Å²) in [7, 11) is 0. The van der Waals surface area contributed by atoms with Gasteiger partial charge in [0.15, 0.2) is 5.13 Å². The van der Waals surface area contributed by atoms with E-state index in [1.54, 1.807) is 0 Å². The van der Waals surface area contributed by atoms with Crippen molar-refractivity contribution in [1.29, 1.82) is 0 Å². The third-order valence-electron chi connectivity index (χ3n) is 3.15. The predicted octanol–water partition coefficient (Wildman–Crippen LogP) is 0.213. The van der Waals surface area contributed by atoms with Crippen molar-refractivity contribution in [3.63, 3.8) is 0 Å². The van der Waals surface area contributed by atoms with E-state index < -0.39 is 18.6 Å². The number of rotatable bonds is 3. The number of hydrogen-bond donors (Lipinski definition) is 0. The quantitative estimate of drug-likeness (QED) is 0.609. The van der Waals surface area contributed by atoms with Gasteiger partial charge in [0.25, 0.3) is 0 Å². The van der Waals surface area contributed by atoms with Gasteiger partial charge in [-0.1, -0.05) is 17.7 Å². The molecule has 0 saturated heterocycles. The minimum Gasteiger partial charge on any atom is -0.543 e. The van der Waals surface area contributed by atoms with Crippen molar-refractivity contribution >= 4 is 39.8 Å². The van der Waals surface area contributed by atoms with Gasteiger partial charge < -0.3 is 9.90 Å². The average Bonchev–Trinajstić information content (AvgIpc) is 3.02. The normalized spacial score (nSPS) is 11.5. The van der Waals surface area contributed by atoms with E-state index in [1.807, 2.05) is 0 Å². The smallest absolute Gasteiger partial charge is 0.543 e. The maximum Gasteiger partial charge on any atom is 1.00 e. The van der Waals surface area contributed by atoms with E-state index in [-0.39, 0.29) is 45.9 Å². The molecule has 0 aliphatic carbocycles. The molecule has 0 fully saturated rings. The summed E-state index contributed by atoms with van der Waals surface area (Å²) in [5, 5.41) is 13.0. The van der Waals surface area contributed by atoms with Crippen LogP contribution in [0.2, 0.25) is 5.02 Å². The summed E-state index contributed by atoms with van der Waals surface area (Å²) in [6.07, 6.45) is -4.17. The van der Waals surface area contributed by atoms with Crippen LogP contribution in [0.5, 0.6) is 0 Å². The van der Waals surface area contributed by atoms with Crippen LogP contribution in [0.15, 0.2) is 29.8 Å². The van der Waals surface area contributed by atoms with Gasteiger partial charge in [-0.15, -0.1) is 11.3 Å². The van der Waals surface area contributed by atoms with Crippen molar-refractivity contribution in [1.82, 2.24) is 9.55 Å². The fraction of sp³-hybridized carbons (Fsp3) is 0.143. The van der Waals surface area contributed by atoms with Gasteiger partial charge in [0.1, 0.15) is 0 Å². The molecule has 0 atom stereocenters. The number of carbonyl (C=O) groups is 1. The Hall–Kier alpha value is -1.06. The summed E-state index contributed by atoms with van der Waals surface area (Å²) in [5.74, 6) is -1.45. The third-order valence-corrected chi connectivity index (χ3v) is 4.22. The number of carboxylic acids is 1. The largest absolute Gasteiger partial charge is 1.00 e. The van der Waals surface area contributed by atoms with E-state index in [1.165, 1.54) is 34.3 Å². The van der Waals surface area contributed by atoms with Crippen LogP contribution in [0.3, 0.4) is 0 Å². The van der Waals surface area contributed by atoms with Crippen LogP contribution < -0.4 is 34.7 Å². The SMILES string of the molecule is O=C([O-])c1csc(-n2cc(CC(F)(F)F)c3ccc(Cl)cc32)n1.[Na+]. The van der Waals surface area contributed by atoms with Crippen molar-refractivity contribution in [2.75, 3.05) is 0 Å². The van der Waals surface area contributed by atoms with Gasteiger partial charge in [-0.3, -0.25) is 4.57 Å². The molecule has 0 bridgehead atoms. The number of alkyl halides is 3. The number of aromatic carboxylic acids is 1. The molecule has 120 valence electrons. The molecule has 3 rings (SSSR count). The van der Waals surface area contributed by atoms with E-state index in [2.05, 4.69) is 4.98 Å². The number of thiazole rings is 1. The van der Waals surface area contributed by atoms with Gasteiger partial charge in [0, 0.05) is 22.0 Å². The van der Waals surface area contributed by atoms with Crippen LogP contribution in [-0.4, -0.2) is 21.7 Å². The molecule has 0 N–H and O–H groups in total. The Kier molecular flexibility index (Phi) is 5.66. The monoisotopic (exact) mass is 382 g/mol. The van der Waals surface area contributed by atoms with E-state index in [0.29, 0.717) is 15.9 Å². The molecule has 2 heterocycles. The Bertz CT molecular complexity index is 907. The zero-order valence-electron chi connectivity index (χ0n) is 12.2. The zero-order valence-corrected chi connectivity index (χ0v) is 15.8. The van der Waals surface area contributed by atoms with Crippen LogP contribution in [0, 0.1) is 0 Å². The number of halogens is 4.